The number of piperidine rings is 1. The second-order valence-electron chi connectivity index (χ2n) is 5.43. The molecule has 0 aliphatic carbocycles. The maximum atomic E-state index is 6.31. The van der Waals surface area contributed by atoms with E-state index >= 15 is 0 Å². The zero-order chi connectivity index (χ0) is 12.3. The van der Waals surface area contributed by atoms with Crippen LogP contribution in [0.2, 0.25) is 0 Å². The fraction of sp³-hybridized carbons (Fsp3) is 0.643. The summed E-state index contributed by atoms with van der Waals surface area (Å²) in [5, 5.41) is 0. The van der Waals surface area contributed by atoms with Crippen LogP contribution >= 0.6 is 0 Å². The molecule has 2 heterocycles. The molecule has 17 heavy (non-hydrogen) atoms. The molecular formula is C14H23N3. The molecule has 2 unspecified atom stereocenters. The zero-order valence-electron chi connectivity index (χ0n) is 10.8. The maximum Gasteiger partial charge on any atom is 0.0514 e. The van der Waals surface area contributed by atoms with Crippen LogP contribution in [0.25, 0.3) is 0 Å². The highest BCUT2D eigenvalue weighted by molar-refractivity contribution is 5.17. The summed E-state index contributed by atoms with van der Waals surface area (Å²) in [5.41, 5.74) is 7.57. The number of aromatic nitrogens is 1. The molecule has 3 heteroatoms. The zero-order valence-corrected chi connectivity index (χ0v) is 10.8. The lowest BCUT2D eigenvalue weighted by Gasteiger charge is -2.40. The highest BCUT2D eigenvalue weighted by atomic mass is 15.2. The first-order valence-electron chi connectivity index (χ1n) is 6.58. The number of nitrogens with zero attached hydrogens (tertiary/aromatic N) is 2. The van der Waals surface area contributed by atoms with Gasteiger partial charge in [0.05, 0.1) is 6.04 Å². The van der Waals surface area contributed by atoms with E-state index in [9.17, 15) is 0 Å². The smallest absolute Gasteiger partial charge is 0.0514 e. The molecule has 0 bridgehead atoms. The number of hydrogen-bond acceptors (Lipinski definition) is 3. The molecule has 0 saturated carbocycles. The fourth-order valence-corrected chi connectivity index (χ4v) is 2.78. The van der Waals surface area contributed by atoms with Crippen LogP contribution in [0.4, 0.5) is 0 Å². The van der Waals surface area contributed by atoms with Crippen molar-refractivity contribution >= 4 is 0 Å². The summed E-state index contributed by atoms with van der Waals surface area (Å²) in [7, 11) is 0. The fourth-order valence-electron chi connectivity index (χ4n) is 2.78. The third kappa shape index (κ3) is 3.05. The van der Waals surface area contributed by atoms with Gasteiger partial charge in [-0.1, -0.05) is 19.9 Å². The van der Waals surface area contributed by atoms with Gasteiger partial charge in [-0.25, -0.2) is 0 Å². The van der Waals surface area contributed by atoms with Gasteiger partial charge in [-0.2, -0.15) is 0 Å². The molecule has 1 saturated heterocycles. The Hall–Kier alpha value is -0.930. The van der Waals surface area contributed by atoms with Gasteiger partial charge in [-0.3, -0.25) is 9.88 Å². The molecular weight excluding hydrogens is 210 g/mol. The van der Waals surface area contributed by atoms with Crippen molar-refractivity contribution in [2.75, 3.05) is 13.1 Å². The average Bonchev–Trinajstić information content (AvgIpc) is 2.29. The van der Waals surface area contributed by atoms with Crippen molar-refractivity contribution in [3.05, 3.63) is 30.1 Å². The highest BCUT2D eigenvalue weighted by Crippen LogP contribution is 2.30. The van der Waals surface area contributed by atoms with Crippen molar-refractivity contribution in [1.82, 2.24) is 9.88 Å². The normalized spacial score (nSPS) is 26.4. The van der Waals surface area contributed by atoms with Gasteiger partial charge in [0.25, 0.3) is 0 Å². The Bertz CT molecular complexity index is 337. The van der Waals surface area contributed by atoms with E-state index in [1.165, 1.54) is 12.0 Å². The summed E-state index contributed by atoms with van der Waals surface area (Å²) in [6.45, 7) is 6.81. The van der Waals surface area contributed by atoms with E-state index in [1.54, 1.807) is 0 Å². The Kier molecular flexibility index (Phi) is 4.13. The van der Waals surface area contributed by atoms with E-state index in [0.29, 0.717) is 12.0 Å². The summed E-state index contributed by atoms with van der Waals surface area (Å²) < 4.78 is 0. The molecule has 0 radical (unpaired) electrons. The molecule has 3 nitrogen and oxygen atoms in total. The monoisotopic (exact) mass is 233 g/mol. The number of hydrogen-bond donors (Lipinski definition) is 1. The van der Waals surface area contributed by atoms with Crippen LogP contribution in [0.5, 0.6) is 0 Å². The van der Waals surface area contributed by atoms with Gasteiger partial charge in [0.1, 0.15) is 0 Å². The molecule has 2 atom stereocenters. The molecule has 1 fully saturated rings. The van der Waals surface area contributed by atoms with Gasteiger partial charge in [0.15, 0.2) is 0 Å². The Labute approximate surface area is 104 Å². The number of rotatable bonds is 3. The minimum atomic E-state index is 0.242. The molecule has 0 spiro atoms. The molecule has 2 N–H and O–H groups in total. The van der Waals surface area contributed by atoms with Crippen molar-refractivity contribution in [3.8, 4) is 0 Å². The predicted octanol–water partition coefficient (Wildman–Crippen LogP) is 2.20. The molecule has 1 aliphatic heterocycles. The van der Waals surface area contributed by atoms with E-state index in [0.717, 1.165) is 19.5 Å². The lowest BCUT2D eigenvalue weighted by molar-refractivity contribution is 0.114. The number of nitrogens with two attached hydrogens (primary N) is 1. The van der Waals surface area contributed by atoms with Crippen LogP contribution in [-0.4, -0.2) is 29.0 Å². The molecule has 2 rings (SSSR count). The summed E-state index contributed by atoms with van der Waals surface area (Å²) in [6.07, 6.45) is 6.12. The van der Waals surface area contributed by atoms with Gasteiger partial charge in [-0.15, -0.1) is 0 Å². The predicted molar refractivity (Wildman–Crippen MR) is 70.6 cm³/mol. The highest BCUT2D eigenvalue weighted by Gasteiger charge is 2.30. The second-order valence-corrected chi connectivity index (χ2v) is 5.43. The number of pyridine rings is 1. The average molecular weight is 233 g/mol. The van der Waals surface area contributed by atoms with E-state index in [-0.39, 0.29) is 6.04 Å². The first kappa shape index (κ1) is 12.5. The molecule has 1 aliphatic rings. The lowest BCUT2D eigenvalue weighted by Crippen LogP contribution is -2.47. The summed E-state index contributed by atoms with van der Waals surface area (Å²) in [6, 6.07) is 4.74. The largest absolute Gasteiger partial charge is 0.326 e. The number of likely N-dealkylation sites (tertiary alicyclic amines) is 1. The lowest BCUT2D eigenvalue weighted by atomic mass is 9.91. The van der Waals surface area contributed by atoms with Crippen molar-refractivity contribution in [2.24, 2.45) is 11.7 Å². The first-order chi connectivity index (χ1) is 8.18. The van der Waals surface area contributed by atoms with Crippen molar-refractivity contribution in [3.63, 3.8) is 0 Å². The van der Waals surface area contributed by atoms with Gasteiger partial charge in [-0.05, 0) is 36.9 Å². The molecule has 1 aromatic heterocycles. The molecule has 94 valence electrons. The van der Waals surface area contributed by atoms with Gasteiger partial charge in [0.2, 0.25) is 0 Å². The minimum Gasteiger partial charge on any atom is -0.326 e. The summed E-state index contributed by atoms with van der Waals surface area (Å²) in [4.78, 5) is 6.75. The van der Waals surface area contributed by atoms with Gasteiger partial charge in [0, 0.05) is 25.0 Å². The summed E-state index contributed by atoms with van der Waals surface area (Å²) in [5.74, 6) is 0.680. The SMILES string of the molecule is CC(C)CN1CCCC(N)C1c1cccnc1. The molecule has 0 aromatic carbocycles. The first-order valence-corrected chi connectivity index (χ1v) is 6.58. The Morgan fingerprint density at radius 3 is 3.00 bits per heavy atom. The maximum absolute atomic E-state index is 6.31. The van der Waals surface area contributed by atoms with Crippen LogP contribution in [0, 0.1) is 5.92 Å². The van der Waals surface area contributed by atoms with Crippen LogP contribution in [0.3, 0.4) is 0 Å². The van der Waals surface area contributed by atoms with E-state index in [2.05, 4.69) is 29.8 Å². The van der Waals surface area contributed by atoms with E-state index in [1.807, 2.05) is 18.5 Å². The summed E-state index contributed by atoms with van der Waals surface area (Å²) >= 11 is 0. The second kappa shape index (κ2) is 5.61. The van der Waals surface area contributed by atoms with Crippen LogP contribution < -0.4 is 5.73 Å². The molecule has 0 amide bonds. The third-order valence-electron chi connectivity index (χ3n) is 3.41. The Morgan fingerprint density at radius 1 is 1.53 bits per heavy atom. The van der Waals surface area contributed by atoms with Crippen LogP contribution in [0.1, 0.15) is 38.3 Å². The topological polar surface area (TPSA) is 42.1 Å². The van der Waals surface area contributed by atoms with E-state index < -0.39 is 0 Å². The minimum absolute atomic E-state index is 0.242. The van der Waals surface area contributed by atoms with Crippen molar-refractivity contribution < 1.29 is 0 Å². The Morgan fingerprint density at radius 2 is 2.35 bits per heavy atom. The van der Waals surface area contributed by atoms with Crippen LogP contribution in [0.15, 0.2) is 24.5 Å². The van der Waals surface area contributed by atoms with Crippen LogP contribution in [-0.2, 0) is 0 Å². The standard InChI is InChI=1S/C14H23N3/c1-11(2)10-17-8-4-6-13(15)14(17)12-5-3-7-16-9-12/h3,5,7,9,11,13-14H,4,6,8,10,15H2,1-2H3. The van der Waals surface area contributed by atoms with Gasteiger partial charge >= 0.3 is 0 Å². The third-order valence-corrected chi connectivity index (χ3v) is 3.41. The quantitative estimate of drug-likeness (QED) is 0.870. The molecule has 1 aromatic rings. The van der Waals surface area contributed by atoms with Gasteiger partial charge < -0.3 is 5.73 Å². The van der Waals surface area contributed by atoms with Crippen molar-refractivity contribution in [2.45, 2.75) is 38.8 Å². The van der Waals surface area contributed by atoms with E-state index in [4.69, 9.17) is 5.73 Å². The van der Waals surface area contributed by atoms with Crippen molar-refractivity contribution in [1.29, 1.82) is 0 Å². The Balaban J connectivity index is 2.19.